The summed E-state index contributed by atoms with van der Waals surface area (Å²) < 4.78 is 5.84. The lowest BCUT2D eigenvalue weighted by Gasteiger charge is -2.25. The third-order valence-corrected chi connectivity index (χ3v) is 4.34. The summed E-state index contributed by atoms with van der Waals surface area (Å²) in [7, 11) is 0. The van der Waals surface area contributed by atoms with E-state index < -0.39 is 0 Å². The molecule has 0 atom stereocenters. The molecule has 0 saturated carbocycles. The van der Waals surface area contributed by atoms with Crippen LogP contribution in [0.15, 0.2) is 28.7 Å². The van der Waals surface area contributed by atoms with Crippen LogP contribution in [0.2, 0.25) is 5.02 Å². The van der Waals surface area contributed by atoms with Gasteiger partial charge in [-0.2, -0.15) is 0 Å². The molecule has 0 saturated heterocycles. The second-order valence-electron chi connectivity index (χ2n) is 6.39. The average molecular weight is 333 g/mol. The summed E-state index contributed by atoms with van der Waals surface area (Å²) in [5.74, 6) is 2.37. The van der Waals surface area contributed by atoms with Crippen LogP contribution in [-0.4, -0.2) is 22.3 Å². The molecule has 0 N–H and O–H groups in total. The molecule has 0 fully saturated rings. The molecule has 0 unspecified atom stereocenters. The molecule has 1 aromatic heterocycles. The third kappa shape index (κ3) is 3.75. The fraction of sp³-hybridized carbons (Fsp3) is 0.444. The number of carbonyl (C=O) groups is 1. The zero-order chi connectivity index (χ0) is 16.4. The molecule has 23 heavy (non-hydrogen) atoms. The highest BCUT2D eigenvalue weighted by atomic mass is 35.5. The van der Waals surface area contributed by atoms with Crippen molar-refractivity contribution in [2.75, 3.05) is 6.54 Å². The van der Waals surface area contributed by atoms with Crippen molar-refractivity contribution in [1.29, 1.82) is 0 Å². The molecular weight excluding hydrogens is 312 g/mol. The Labute approximate surface area is 141 Å². The smallest absolute Gasteiger partial charge is 0.254 e. The lowest BCUT2D eigenvalue weighted by molar-refractivity contribution is 0.0728. The highest BCUT2D eigenvalue weighted by Gasteiger charge is 2.26. The number of carbonyl (C=O) groups excluding carboxylic acids is 1. The van der Waals surface area contributed by atoms with E-state index in [1.165, 1.54) is 0 Å². The number of aromatic nitrogens is 1. The highest BCUT2D eigenvalue weighted by molar-refractivity contribution is 6.30. The maximum atomic E-state index is 12.6. The topological polar surface area (TPSA) is 46.3 Å². The zero-order valence-electron chi connectivity index (χ0n) is 13.5. The van der Waals surface area contributed by atoms with Gasteiger partial charge in [-0.05, 0) is 36.6 Å². The Morgan fingerprint density at radius 1 is 1.35 bits per heavy atom. The number of rotatable bonds is 4. The van der Waals surface area contributed by atoms with Gasteiger partial charge in [0.15, 0.2) is 5.89 Å². The van der Waals surface area contributed by atoms with E-state index in [1.54, 1.807) is 24.3 Å². The van der Waals surface area contributed by atoms with Crippen molar-refractivity contribution in [3.63, 3.8) is 0 Å². The predicted molar refractivity (Wildman–Crippen MR) is 89.6 cm³/mol. The molecule has 1 amide bonds. The van der Waals surface area contributed by atoms with Gasteiger partial charge in [0.1, 0.15) is 11.5 Å². The fourth-order valence-electron chi connectivity index (χ4n) is 2.72. The number of benzene rings is 1. The second kappa shape index (κ2) is 6.75. The first kappa shape index (κ1) is 16.1. The van der Waals surface area contributed by atoms with Gasteiger partial charge in [-0.1, -0.05) is 25.4 Å². The molecule has 3 rings (SSSR count). The van der Waals surface area contributed by atoms with Crippen LogP contribution in [-0.2, 0) is 19.4 Å². The lowest BCUT2D eigenvalue weighted by Crippen LogP contribution is -2.35. The Balaban J connectivity index is 1.69. The third-order valence-electron chi connectivity index (χ3n) is 4.09. The molecule has 0 bridgehead atoms. The van der Waals surface area contributed by atoms with Crippen LogP contribution in [0, 0.1) is 5.92 Å². The van der Waals surface area contributed by atoms with E-state index >= 15 is 0 Å². The number of nitrogens with zero attached hydrogens (tertiary/aromatic N) is 2. The number of aryl methyl sites for hydroxylation is 1. The summed E-state index contributed by atoms with van der Waals surface area (Å²) in [6, 6.07) is 7.00. The second-order valence-corrected chi connectivity index (χ2v) is 6.83. The Morgan fingerprint density at radius 2 is 2.09 bits per heavy atom. The standard InChI is InChI=1S/C18H21ClN2O2/c1-12(2)3-8-17-20-15-11-21(10-9-16(15)23-17)18(22)13-4-6-14(19)7-5-13/h4-7,12H,3,8-11H2,1-2H3. The summed E-state index contributed by atoms with van der Waals surface area (Å²) in [5, 5.41) is 0.633. The first-order valence-electron chi connectivity index (χ1n) is 8.05. The Bertz CT molecular complexity index is 692. The van der Waals surface area contributed by atoms with Gasteiger partial charge >= 0.3 is 0 Å². The average Bonchev–Trinajstić information content (AvgIpc) is 2.95. The largest absolute Gasteiger partial charge is 0.445 e. The molecule has 1 aliphatic heterocycles. The molecule has 1 aromatic carbocycles. The quantitative estimate of drug-likeness (QED) is 0.846. The lowest BCUT2D eigenvalue weighted by atomic mass is 10.1. The van der Waals surface area contributed by atoms with Crippen molar-refractivity contribution in [1.82, 2.24) is 9.88 Å². The van der Waals surface area contributed by atoms with Crippen molar-refractivity contribution in [3.8, 4) is 0 Å². The summed E-state index contributed by atoms with van der Waals surface area (Å²) >= 11 is 5.88. The molecule has 5 heteroatoms. The van der Waals surface area contributed by atoms with Gasteiger partial charge in [0, 0.05) is 30.0 Å². The summed E-state index contributed by atoms with van der Waals surface area (Å²) in [5.41, 5.74) is 1.55. The normalized spacial score (nSPS) is 14.2. The van der Waals surface area contributed by atoms with Gasteiger partial charge in [0.25, 0.3) is 5.91 Å². The first-order chi connectivity index (χ1) is 11.0. The van der Waals surface area contributed by atoms with Gasteiger partial charge in [0.05, 0.1) is 6.54 Å². The zero-order valence-corrected chi connectivity index (χ0v) is 14.3. The van der Waals surface area contributed by atoms with Crippen molar-refractivity contribution in [2.45, 2.75) is 39.7 Å². The van der Waals surface area contributed by atoms with Crippen molar-refractivity contribution in [3.05, 3.63) is 52.2 Å². The van der Waals surface area contributed by atoms with E-state index in [4.69, 9.17) is 16.0 Å². The summed E-state index contributed by atoms with van der Waals surface area (Å²) in [6.07, 6.45) is 2.64. The minimum Gasteiger partial charge on any atom is -0.445 e. The Morgan fingerprint density at radius 3 is 2.78 bits per heavy atom. The van der Waals surface area contributed by atoms with Crippen LogP contribution in [0.1, 0.15) is 48.0 Å². The molecule has 2 heterocycles. The van der Waals surface area contributed by atoms with Gasteiger partial charge in [0.2, 0.25) is 0 Å². The van der Waals surface area contributed by atoms with E-state index in [-0.39, 0.29) is 5.91 Å². The van der Waals surface area contributed by atoms with Crippen LogP contribution in [0.25, 0.3) is 0 Å². The van der Waals surface area contributed by atoms with Crippen molar-refractivity contribution >= 4 is 17.5 Å². The highest BCUT2D eigenvalue weighted by Crippen LogP contribution is 2.23. The predicted octanol–water partition coefficient (Wildman–Crippen LogP) is 4.12. The molecule has 2 aromatic rings. The number of amides is 1. The van der Waals surface area contributed by atoms with Gasteiger partial charge < -0.3 is 9.32 Å². The van der Waals surface area contributed by atoms with Crippen LogP contribution in [0.3, 0.4) is 0 Å². The van der Waals surface area contributed by atoms with Crippen molar-refractivity contribution in [2.24, 2.45) is 5.92 Å². The van der Waals surface area contributed by atoms with Crippen LogP contribution >= 0.6 is 11.6 Å². The number of hydrogen-bond acceptors (Lipinski definition) is 3. The molecule has 0 spiro atoms. The maximum Gasteiger partial charge on any atom is 0.254 e. The minimum atomic E-state index is 0.0130. The first-order valence-corrected chi connectivity index (χ1v) is 8.43. The number of halogens is 1. The van der Waals surface area contributed by atoms with E-state index in [0.29, 0.717) is 29.6 Å². The van der Waals surface area contributed by atoms with Crippen LogP contribution in [0.5, 0.6) is 0 Å². The fourth-order valence-corrected chi connectivity index (χ4v) is 2.85. The summed E-state index contributed by atoms with van der Waals surface area (Å²) in [4.78, 5) is 19.0. The molecule has 1 aliphatic rings. The van der Waals surface area contributed by atoms with Crippen LogP contribution in [0.4, 0.5) is 0 Å². The number of oxazole rings is 1. The number of fused-ring (bicyclic) bond motifs is 1. The minimum absolute atomic E-state index is 0.0130. The van der Waals surface area contributed by atoms with E-state index in [9.17, 15) is 4.79 Å². The molecular formula is C18H21ClN2O2. The SMILES string of the molecule is CC(C)CCc1nc2c(o1)CCN(C(=O)c1ccc(Cl)cc1)C2. The van der Waals surface area contributed by atoms with Crippen LogP contribution < -0.4 is 0 Å². The Hall–Kier alpha value is -1.81. The monoisotopic (exact) mass is 332 g/mol. The molecule has 4 nitrogen and oxygen atoms in total. The molecule has 122 valence electrons. The maximum absolute atomic E-state index is 12.6. The van der Waals surface area contributed by atoms with E-state index in [1.807, 2.05) is 4.90 Å². The Kier molecular flexibility index (Phi) is 4.71. The van der Waals surface area contributed by atoms with Gasteiger partial charge in [-0.15, -0.1) is 0 Å². The van der Waals surface area contributed by atoms with E-state index in [0.717, 1.165) is 36.6 Å². The van der Waals surface area contributed by atoms with Crippen molar-refractivity contribution < 1.29 is 9.21 Å². The van der Waals surface area contributed by atoms with E-state index in [2.05, 4.69) is 18.8 Å². The van der Waals surface area contributed by atoms with Gasteiger partial charge in [-0.3, -0.25) is 4.79 Å². The molecule has 0 aliphatic carbocycles. The molecule has 0 radical (unpaired) electrons. The van der Waals surface area contributed by atoms with Gasteiger partial charge in [-0.25, -0.2) is 4.98 Å². The summed E-state index contributed by atoms with van der Waals surface area (Å²) in [6.45, 7) is 5.56. The number of hydrogen-bond donors (Lipinski definition) is 0.